The molecule has 5 heteroatoms. The molecule has 2 aromatic carbocycles. The van der Waals surface area contributed by atoms with Gasteiger partial charge in [0.2, 0.25) is 5.39 Å². The second kappa shape index (κ2) is 5.71. The molecule has 0 bridgehead atoms. The molecule has 0 aromatic heterocycles. The van der Waals surface area contributed by atoms with Crippen LogP contribution in [0.1, 0.15) is 26.3 Å². The average Bonchev–Trinajstić information content (AvgIpc) is 2.44. The van der Waals surface area contributed by atoms with Gasteiger partial charge < -0.3 is 9.53 Å². The molecule has 0 aliphatic heterocycles. The first-order valence-corrected chi connectivity index (χ1v) is 10.3. The minimum Gasteiger partial charge on any atom is -0.867 e. The fourth-order valence-corrected chi connectivity index (χ4v) is 3.00. The van der Waals surface area contributed by atoms with Crippen molar-refractivity contribution >= 4 is 24.8 Å². The second-order valence-corrected chi connectivity index (χ2v) is 11.9. The number of rotatable bonds is 3. The van der Waals surface area contributed by atoms with Crippen molar-refractivity contribution in [2.75, 3.05) is 0 Å². The third-order valence-corrected chi connectivity index (χ3v) is 9.03. The lowest BCUT2D eigenvalue weighted by molar-refractivity contribution is -0.268. The van der Waals surface area contributed by atoms with Crippen molar-refractivity contribution < 1.29 is 9.53 Å². The summed E-state index contributed by atoms with van der Waals surface area (Å²) in [4.78, 5) is 3.20. The van der Waals surface area contributed by atoms with Crippen LogP contribution in [-0.4, -0.2) is 8.32 Å². The van der Waals surface area contributed by atoms with Gasteiger partial charge in [0.05, 0.1) is 12.0 Å². The highest BCUT2D eigenvalue weighted by Crippen LogP contribution is 2.40. The van der Waals surface area contributed by atoms with Gasteiger partial charge in [0.15, 0.2) is 13.3 Å². The van der Waals surface area contributed by atoms with Crippen LogP contribution >= 0.6 is 0 Å². The second-order valence-electron chi connectivity index (χ2n) is 7.08. The molecule has 0 saturated heterocycles. The summed E-state index contributed by atoms with van der Waals surface area (Å²) in [5.41, 5.74) is 0.628. The predicted octanol–water partition coefficient (Wildman–Crippen LogP) is 4.92. The van der Waals surface area contributed by atoms with Crippen LogP contribution in [0.15, 0.2) is 30.3 Å². The van der Waals surface area contributed by atoms with Crippen LogP contribution in [0, 0.1) is 5.39 Å². The Bertz CT molecular complexity index is 743. The van der Waals surface area contributed by atoms with E-state index in [-0.39, 0.29) is 23.1 Å². The predicted molar refractivity (Wildman–Crippen MR) is 90.1 cm³/mol. The Morgan fingerprint density at radius 1 is 1.23 bits per heavy atom. The van der Waals surface area contributed by atoms with Crippen LogP contribution < -0.4 is 5.11 Å². The summed E-state index contributed by atoms with van der Waals surface area (Å²) in [5, 5.41) is 23.3. The van der Waals surface area contributed by atoms with Crippen molar-refractivity contribution in [1.29, 1.82) is 5.39 Å². The Balaban J connectivity index is 2.41. The summed E-state index contributed by atoms with van der Waals surface area (Å²) in [6, 6.07) is 9.23. The fraction of sp³-hybridized carbons (Fsp3) is 0.412. The Morgan fingerprint density at radius 3 is 2.45 bits per heavy atom. The molecule has 0 radical (unpaired) electrons. The van der Waals surface area contributed by atoms with E-state index < -0.39 is 8.32 Å². The van der Waals surface area contributed by atoms with E-state index in [1.54, 1.807) is 6.07 Å². The van der Waals surface area contributed by atoms with E-state index in [9.17, 15) is 10.5 Å². The summed E-state index contributed by atoms with van der Waals surface area (Å²) < 4.78 is 6.12. The SMILES string of the molecule is CC(C)(C)[Si](C)(C)OCc1cc2ccccc2c([N+]#N)c1[O-]. The van der Waals surface area contributed by atoms with Gasteiger partial charge in [-0.15, -0.1) is 0 Å². The largest absolute Gasteiger partial charge is 0.867 e. The van der Waals surface area contributed by atoms with Crippen molar-refractivity contribution in [3.63, 3.8) is 0 Å². The number of nitrogens with zero attached hydrogens (tertiary/aromatic N) is 2. The molecule has 2 aromatic rings. The molecule has 0 heterocycles. The van der Waals surface area contributed by atoms with E-state index in [2.05, 4.69) is 38.8 Å². The standard InChI is InChI=1S/C17H22N2O2Si/c1-17(2,3)22(4,5)21-11-13-10-12-8-6-7-9-14(12)15(19-18)16(13)20/h6-10H,11H2,1-5H3. The van der Waals surface area contributed by atoms with E-state index in [1.807, 2.05) is 24.3 Å². The molecule has 0 amide bonds. The summed E-state index contributed by atoms with van der Waals surface area (Å²) in [6.45, 7) is 11.0. The smallest absolute Gasteiger partial charge is 0.385 e. The highest BCUT2D eigenvalue weighted by molar-refractivity contribution is 6.74. The summed E-state index contributed by atoms with van der Waals surface area (Å²) >= 11 is 0. The van der Waals surface area contributed by atoms with Crippen LogP contribution in [-0.2, 0) is 11.0 Å². The van der Waals surface area contributed by atoms with Crippen molar-refractivity contribution in [1.82, 2.24) is 0 Å². The van der Waals surface area contributed by atoms with Crippen LogP contribution in [0.3, 0.4) is 0 Å². The van der Waals surface area contributed by atoms with Crippen molar-refractivity contribution in [2.45, 2.75) is 45.5 Å². The van der Waals surface area contributed by atoms with Gasteiger partial charge in [-0.05, 0) is 47.0 Å². The molecule has 0 spiro atoms. The summed E-state index contributed by atoms with van der Waals surface area (Å²) in [6.07, 6.45) is 0. The van der Waals surface area contributed by atoms with Crippen LogP contribution in [0.2, 0.25) is 18.1 Å². The maximum atomic E-state index is 12.5. The molecule has 22 heavy (non-hydrogen) atoms. The molecule has 2 rings (SSSR count). The molecule has 0 fully saturated rings. The van der Waals surface area contributed by atoms with E-state index in [1.165, 1.54) is 0 Å². The van der Waals surface area contributed by atoms with Crippen LogP contribution in [0.4, 0.5) is 5.69 Å². The van der Waals surface area contributed by atoms with Gasteiger partial charge in [-0.2, -0.15) is 0 Å². The molecule has 0 atom stereocenters. The van der Waals surface area contributed by atoms with Gasteiger partial charge in [-0.25, -0.2) is 0 Å². The zero-order valence-electron chi connectivity index (χ0n) is 13.8. The highest BCUT2D eigenvalue weighted by atomic mass is 28.4. The molecule has 4 nitrogen and oxygen atoms in total. The van der Waals surface area contributed by atoms with Crippen molar-refractivity contribution in [2.24, 2.45) is 0 Å². The Morgan fingerprint density at radius 2 is 1.86 bits per heavy atom. The van der Waals surface area contributed by atoms with E-state index in [0.717, 1.165) is 5.39 Å². The van der Waals surface area contributed by atoms with E-state index >= 15 is 0 Å². The Labute approximate surface area is 132 Å². The quantitative estimate of drug-likeness (QED) is 0.596. The lowest BCUT2D eigenvalue weighted by Crippen LogP contribution is -2.40. The minimum absolute atomic E-state index is 0.0804. The van der Waals surface area contributed by atoms with Gasteiger partial charge in [-0.3, -0.25) is 0 Å². The van der Waals surface area contributed by atoms with Crippen molar-refractivity contribution in [3.05, 3.63) is 40.9 Å². The summed E-state index contributed by atoms with van der Waals surface area (Å²) in [7, 11) is -1.94. The Kier molecular flexibility index (Phi) is 4.27. The third kappa shape index (κ3) is 2.98. The zero-order chi connectivity index (χ0) is 16.5. The molecule has 0 N–H and O–H groups in total. The monoisotopic (exact) mass is 314 g/mol. The van der Waals surface area contributed by atoms with Crippen molar-refractivity contribution in [3.8, 4) is 5.75 Å². The fourth-order valence-electron chi connectivity index (χ4n) is 2.05. The number of hydrogen-bond acceptors (Lipinski definition) is 3. The minimum atomic E-state index is -1.94. The number of benzene rings is 2. The molecular formula is C17H22N2O2Si. The van der Waals surface area contributed by atoms with Crippen LogP contribution in [0.25, 0.3) is 15.7 Å². The molecule has 0 saturated carbocycles. The highest BCUT2D eigenvalue weighted by Gasteiger charge is 2.37. The first-order valence-electron chi connectivity index (χ1n) is 7.38. The summed E-state index contributed by atoms with van der Waals surface area (Å²) in [5.74, 6) is -0.264. The van der Waals surface area contributed by atoms with Gasteiger partial charge in [0.25, 0.3) is 0 Å². The number of hydrogen-bond donors (Lipinski definition) is 0. The van der Waals surface area contributed by atoms with Gasteiger partial charge >= 0.3 is 5.69 Å². The molecule has 116 valence electrons. The normalized spacial score (nSPS) is 12.4. The average molecular weight is 314 g/mol. The molecule has 0 aliphatic carbocycles. The third-order valence-electron chi connectivity index (χ3n) is 4.55. The molecular weight excluding hydrogens is 292 g/mol. The van der Waals surface area contributed by atoms with Crippen LogP contribution in [0.5, 0.6) is 5.75 Å². The zero-order valence-corrected chi connectivity index (χ0v) is 14.8. The lowest BCUT2D eigenvalue weighted by Gasteiger charge is -2.36. The van der Waals surface area contributed by atoms with Gasteiger partial charge in [0, 0.05) is 0 Å². The lowest BCUT2D eigenvalue weighted by atomic mass is 10.0. The number of diazo groups is 1. The maximum Gasteiger partial charge on any atom is 0.385 e. The Hall–Kier alpha value is -1.90. The van der Waals surface area contributed by atoms with E-state index in [0.29, 0.717) is 10.9 Å². The molecule has 0 aliphatic rings. The molecule has 0 unspecified atom stereocenters. The number of fused-ring (bicyclic) bond motifs is 1. The van der Waals surface area contributed by atoms with E-state index in [4.69, 9.17) is 4.43 Å². The topological polar surface area (TPSA) is 60.4 Å². The van der Waals surface area contributed by atoms with Gasteiger partial charge in [0.1, 0.15) is 0 Å². The van der Waals surface area contributed by atoms with Gasteiger partial charge in [-0.1, -0.05) is 39.0 Å². The first-order chi connectivity index (χ1) is 10.2. The first kappa shape index (κ1) is 16.5. The maximum absolute atomic E-state index is 12.5.